The third-order valence-corrected chi connectivity index (χ3v) is 4.15. The minimum absolute atomic E-state index is 0.0262. The van der Waals surface area contributed by atoms with E-state index in [9.17, 15) is 4.79 Å². The van der Waals surface area contributed by atoms with Crippen molar-refractivity contribution in [2.75, 3.05) is 11.2 Å². The summed E-state index contributed by atoms with van der Waals surface area (Å²) in [5, 5.41) is 8.91. The number of nitrogens with zero attached hydrogens (tertiary/aromatic N) is 4. The molecule has 0 saturated carbocycles. The molecule has 0 fully saturated rings. The van der Waals surface area contributed by atoms with Gasteiger partial charge in [-0.2, -0.15) is 4.98 Å². The van der Waals surface area contributed by atoms with E-state index in [0.717, 1.165) is 17.7 Å². The fourth-order valence-electron chi connectivity index (χ4n) is 2.60. The van der Waals surface area contributed by atoms with Crippen molar-refractivity contribution in [2.45, 2.75) is 38.1 Å². The van der Waals surface area contributed by atoms with Gasteiger partial charge >= 0.3 is 0 Å². The lowest BCUT2D eigenvalue weighted by molar-refractivity contribution is -0.120. The fraction of sp³-hybridized carbons (Fsp3) is 0.375. The summed E-state index contributed by atoms with van der Waals surface area (Å²) >= 11 is 1.40. The maximum atomic E-state index is 12.6. The van der Waals surface area contributed by atoms with E-state index in [1.807, 2.05) is 44.4 Å². The lowest BCUT2D eigenvalue weighted by Gasteiger charge is -2.27. The maximum absolute atomic E-state index is 12.6. The predicted molar refractivity (Wildman–Crippen MR) is 89.5 cm³/mol. The third kappa shape index (κ3) is 2.88. The third-order valence-electron chi connectivity index (χ3n) is 3.61. The summed E-state index contributed by atoms with van der Waals surface area (Å²) in [6, 6.07) is 7.63. The Labute approximate surface area is 139 Å². The monoisotopic (exact) mass is 330 g/mol. The van der Waals surface area contributed by atoms with E-state index in [1.54, 1.807) is 4.90 Å². The van der Waals surface area contributed by atoms with E-state index in [2.05, 4.69) is 15.2 Å². The van der Waals surface area contributed by atoms with Gasteiger partial charge in [0.1, 0.15) is 0 Å². The van der Waals surface area contributed by atoms with Crippen molar-refractivity contribution in [3.63, 3.8) is 0 Å². The number of aromatic nitrogens is 3. The van der Waals surface area contributed by atoms with Gasteiger partial charge in [-0.3, -0.25) is 9.69 Å². The molecule has 0 bridgehead atoms. The van der Waals surface area contributed by atoms with Gasteiger partial charge in [0, 0.05) is 12.0 Å². The SMILES string of the molecule is CCCC(=O)N1c2ccccc2-c2nnc(SC)nc2O[C@H]1C. The van der Waals surface area contributed by atoms with Gasteiger partial charge < -0.3 is 4.74 Å². The van der Waals surface area contributed by atoms with E-state index in [4.69, 9.17) is 4.74 Å². The molecule has 1 aliphatic rings. The number of carbonyl (C=O) groups excluding carboxylic acids is 1. The number of thioether (sulfide) groups is 1. The standard InChI is InChI=1S/C16H18N4O2S/c1-4-7-13(21)20-10(2)22-15-14(18-19-16(17-15)23-3)11-8-5-6-9-12(11)20/h5-6,8-10H,4,7H2,1-3H3/t10-/m0/s1. The quantitative estimate of drug-likeness (QED) is 0.805. The van der Waals surface area contributed by atoms with Crippen LogP contribution in [0, 0.1) is 0 Å². The number of para-hydroxylation sites is 1. The first-order valence-electron chi connectivity index (χ1n) is 7.52. The first-order chi connectivity index (χ1) is 11.2. The lowest BCUT2D eigenvalue weighted by atomic mass is 10.1. The normalized spacial score (nSPS) is 16.1. The van der Waals surface area contributed by atoms with Crippen molar-refractivity contribution in [1.82, 2.24) is 15.2 Å². The number of amides is 1. The summed E-state index contributed by atoms with van der Waals surface area (Å²) < 4.78 is 5.94. The number of ether oxygens (including phenoxy) is 1. The molecule has 0 radical (unpaired) electrons. The zero-order chi connectivity index (χ0) is 16.4. The Morgan fingerprint density at radius 1 is 1.35 bits per heavy atom. The van der Waals surface area contributed by atoms with Crippen LogP contribution in [0.4, 0.5) is 5.69 Å². The molecule has 120 valence electrons. The van der Waals surface area contributed by atoms with Crippen molar-refractivity contribution >= 4 is 23.4 Å². The Balaban J connectivity index is 2.16. The highest BCUT2D eigenvalue weighted by Crippen LogP contribution is 2.39. The minimum Gasteiger partial charge on any atom is -0.452 e. The summed E-state index contributed by atoms with van der Waals surface area (Å²) in [5.74, 6) is 0.439. The second-order valence-electron chi connectivity index (χ2n) is 5.20. The molecule has 1 aliphatic heterocycles. The maximum Gasteiger partial charge on any atom is 0.247 e. The molecule has 0 spiro atoms. The van der Waals surface area contributed by atoms with Crippen LogP contribution < -0.4 is 9.64 Å². The van der Waals surface area contributed by atoms with E-state index >= 15 is 0 Å². The van der Waals surface area contributed by atoms with Crippen LogP contribution in [-0.2, 0) is 4.79 Å². The van der Waals surface area contributed by atoms with Crippen molar-refractivity contribution in [3.8, 4) is 17.1 Å². The van der Waals surface area contributed by atoms with Gasteiger partial charge in [-0.1, -0.05) is 36.9 Å². The first-order valence-corrected chi connectivity index (χ1v) is 8.75. The Bertz CT molecular complexity index is 738. The predicted octanol–water partition coefficient (Wildman–Crippen LogP) is 3.13. The van der Waals surface area contributed by atoms with Crippen LogP contribution >= 0.6 is 11.8 Å². The average molecular weight is 330 g/mol. The number of hydrogen-bond donors (Lipinski definition) is 0. The zero-order valence-electron chi connectivity index (χ0n) is 13.3. The van der Waals surface area contributed by atoms with E-state index in [-0.39, 0.29) is 5.91 Å². The van der Waals surface area contributed by atoms with Crippen LogP contribution in [0.25, 0.3) is 11.3 Å². The Kier molecular flexibility index (Phi) is 4.47. The van der Waals surface area contributed by atoms with Gasteiger partial charge in [0.15, 0.2) is 11.9 Å². The minimum atomic E-state index is -0.456. The molecule has 1 aromatic carbocycles. The van der Waals surface area contributed by atoms with Crippen LogP contribution in [-0.4, -0.2) is 33.6 Å². The van der Waals surface area contributed by atoms with Crippen LogP contribution in [0.15, 0.2) is 29.4 Å². The molecule has 0 N–H and O–H groups in total. The summed E-state index contributed by atoms with van der Waals surface area (Å²) in [6.45, 7) is 3.83. The molecule has 0 aliphatic carbocycles. The van der Waals surface area contributed by atoms with Gasteiger partial charge in [-0.25, -0.2) is 0 Å². The fourth-order valence-corrected chi connectivity index (χ4v) is 2.90. The van der Waals surface area contributed by atoms with E-state index in [1.165, 1.54) is 11.8 Å². The average Bonchev–Trinajstić information content (AvgIpc) is 2.67. The van der Waals surface area contributed by atoms with Crippen LogP contribution in [0.5, 0.6) is 5.88 Å². The lowest BCUT2D eigenvalue weighted by Crippen LogP contribution is -2.41. The van der Waals surface area contributed by atoms with Crippen molar-refractivity contribution in [1.29, 1.82) is 0 Å². The molecular formula is C16H18N4O2S. The molecular weight excluding hydrogens is 312 g/mol. The molecule has 1 aromatic heterocycles. The van der Waals surface area contributed by atoms with Crippen molar-refractivity contribution in [2.24, 2.45) is 0 Å². The van der Waals surface area contributed by atoms with E-state index in [0.29, 0.717) is 23.2 Å². The van der Waals surface area contributed by atoms with E-state index < -0.39 is 6.23 Å². The number of fused-ring (bicyclic) bond motifs is 3. The molecule has 0 unspecified atom stereocenters. The number of carbonyl (C=O) groups is 1. The largest absolute Gasteiger partial charge is 0.452 e. The molecule has 3 rings (SSSR count). The summed E-state index contributed by atoms with van der Waals surface area (Å²) in [6.07, 6.45) is 2.68. The molecule has 6 nitrogen and oxygen atoms in total. The van der Waals surface area contributed by atoms with Gasteiger partial charge in [0.05, 0.1) is 5.69 Å². The summed E-state index contributed by atoms with van der Waals surface area (Å²) in [7, 11) is 0. The number of hydrogen-bond acceptors (Lipinski definition) is 6. The summed E-state index contributed by atoms with van der Waals surface area (Å²) in [5.41, 5.74) is 2.16. The molecule has 2 heterocycles. The Morgan fingerprint density at radius 2 is 2.13 bits per heavy atom. The molecule has 1 amide bonds. The summed E-state index contributed by atoms with van der Waals surface area (Å²) in [4.78, 5) is 18.7. The second-order valence-corrected chi connectivity index (χ2v) is 5.97. The number of anilines is 1. The molecule has 1 atom stereocenters. The van der Waals surface area contributed by atoms with Gasteiger partial charge in [0.25, 0.3) is 0 Å². The molecule has 7 heteroatoms. The highest BCUT2D eigenvalue weighted by Gasteiger charge is 2.31. The van der Waals surface area contributed by atoms with Crippen molar-refractivity contribution < 1.29 is 9.53 Å². The smallest absolute Gasteiger partial charge is 0.247 e. The van der Waals surface area contributed by atoms with Crippen molar-refractivity contribution in [3.05, 3.63) is 24.3 Å². The Hall–Kier alpha value is -2.15. The second kappa shape index (κ2) is 6.54. The van der Waals surface area contributed by atoms with Gasteiger partial charge in [-0.05, 0) is 25.7 Å². The number of rotatable bonds is 3. The molecule has 2 aromatic rings. The van der Waals surface area contributed by atoms with Crippen LogP contribution in [0.1, 0.15) is 26.7 Å². The van der Waals surface area contributed by atoms with Crippen LogP contribution in [0.2, 0.25) is 0 Å². The first kappa shape index (κ1) is 15.7. The topological polar surface area (TPSA) is 68.2 Å². The number of benzene rings is 1. The zero-order valence-corrected chi connectivity index (χ0v) is 14.1. The molecule has 23 heavy (non-hydrogen) atoms. The van der Waals surface area contributed by atoms with Gasteiger partial charge in [-0.15, -0.1) is 10.2 Å². The van der Waals surface area contributed by atoms with Crippen LogP contribution in [0.3, 0.4) is 0 Å². The van der Waals surface area contributed by atoms with Gasteiger partial charge in [0.2, 0.25) is 16.9 Å². The highest BCUT2D eigenvalue weighted by atomic mass is 32.2. The Morgan fingerprint density at radius 3 is 2.87 bits per heavy atom. The highest BCUT2D eigenvalue weighted by molar-refractivity contribution is 7.98. The molecule has 0 saturated heterocycles.